The van der Waals surface area contributed by atoms with Gasteiger partial charge in [0.1, 0.15) is 6.61 Å². The van der Waals surface area contributed by atoms with Crippen molar-refractivity contribution >= 4 is 23.2 Å². The Hall–Kier alpha value is 0.01000. The number of hydrogen-bond donors (Lipinski definition) is 1. The van der Waals surface area contributed by atoms with Crippen LogP contribution in [0.5, 0.6) is 0 Å². The molecule has 0 unspecified atom stereocenters. The van der Waals surface area contributed by atoms with Gasteiger partial charge in [0, 0.05) is 5.56 Å². The SMILES string of the molecule is [Cl-].[NH3+]OCc1cccc(Cl)c1Cl. The molecule has 0 aliphatic rings. The van der Waals surface area contributed by atoms with E-state index in [1.54, 1.807) is 6.07 Å². The van der Waals surface area contributed by atoms with E-state index >= 15 is 0 Å². The van der Waals surface area contributed by atoms with Crippen LogP contribution >= 0.6 is 23.2 Å². The van der Waals surface area contributed by atoms with E-state index in [-0.39, 0.29) is 12.4 Å². The summed E-state index contributed by atoms with van der Waals surface area (Å²) in [5, 5.41) is 1.08. The molecule has 2 nitrogen and oxygen atoms in total. The minimum atomic E-state index is 0. The second-order valence-corrected chi connectivity index (χ2v) is 2.85. The van der Waals surface area contributed by atoms with E-state index in [1.165, 1.54) is 0 Å². The molecular weight excluding hydrogens is 220 g/mol. The topological polar surface area (TPSA) is 36.9 Å². The van der Waals surface area contributed by atoms with Crippen LogP contribution in [-0.4, -0.2) is 0 Å². The summed E-state index contributed by atoms with van der Waals surface area (Å²) in [7, 11) is 0. The first-order valence-corrected chi connectivity index (χ1v) is 3.81. The molecule has 0 heterocycles. The second kappa shape index (κ2) is 5.62. The number of halogens is 3. The molecule has 0 bridgehead atoms. The van der Waals surface area contributed by atoms with Gasteiger partial charge in [0.05, 0.1) is 10.0 Å². The lowest BCUT2D eigenvalue weighted by atomic mass is 10.2. The predicted molar refractivity (Wildman–Crippen MR) is 44.1 cm³/mol. The average molecular weight is 229 g/mol. The lowest BCUT2D eigenvalue weighted by molar-refractivity contribution is -0.695. The zero-order chi connectivity index (χ0) is 8.27. The van der Waals surface area contributed by atoms with Gasteiger partial charge < -0.3 is 12.4 Å². The van der Waals surface area contributed by atoms with Crippen LogP contribution in [0.15, 0.2) is 18.2 Å². The first-order chi connectivity index (χ1) is 5.25. The van der Waals surface area contributed by atoms with Gasteiger partial charge >= 0.3 is 0 Å². The fourth-order valence-electron chi connectivity index (χ4n) is 0.770. The maximum absolute atomic E-state index is 5.83. The van der Waals surface area contributed by atoms with Crippen LogP contribution < -0.4 is 18.3 Å². The van der Waals surface area contributed by atoms with Gasteiger partial charge in [0.2, 0.25) is 0 Å². The highest BCUT2D eigenvalue weighted by atomic mass is 35.5. The van der Waals surface area contributed by atoms with Crippen molar-refractivity contribution in [2.24, 2.45) is 0 Å². The van der Waals surface area contributed by atoms with Crippen LogP contribution in [0.25, 0.3) is 0 Å². The summed E-state index contributed by atoms with van der Waals surface area (Å²) in [6.07, 6.45) is 0. The molecule has 0 aromatic heterocycles. The third kappa shape index (κ3) is 2.81. The molecule has 0 radical (unpaired) electrons. The lowest BCUT2D eigenvalue weighted by Crippen LogP contribution is -3.00. The predicted octanol–water partition coefficient (Wildman–Crippen LogP) is -1.33. The van der Waals surface area contributed by atoms with E-state index in [0.29, 0.717) is 16.7 Å². The summed E-state index contributed by atoms with van der Waals surface area (Å²) in [5.74, 6) is 3.25. The molecule has 68 valence electrons. The summed E-state index contributed by atoms with van der Waals surface area (Å²) in [5.41, 5.74) is 0.856. The molecular formula is C7H8Cl3NO. The van der Waals surface area contributed by atoms with Crippen LogP contribution in [0.1, 0.15) is 5.56 Å². The Morgan fingerprint density at radius 2 is 2.00 bits per heavy atom. The molecule has 0 aliphatic heterocycles. The van der Waals surface area contributed by atoms with Gasteiger partial charge in [-0.05, 0) is 6.07 Å². The van der Waals surface area contributed by atoms with Gasteiger partial charge in [-0.2, -0.15) is 0 Å². The van der Waals surface area contributed by atoms with Crippen molar-refractivity contribution in [3.63, 3.8) is 0 Å². The van der Waals surface area contributed by atoms with Gasteiger partial charge in [-0.15, -0.1) is 0 Å². The molecule has 0 fully saturated rings. The highest BCUT2D eigenvalue weighted by molar-refractivity contribution is 6.42. The van der Waals surface area contributed by atoms with E-state index < -0.39 is 0 Å². The minimum Gasteiger partial charge on any atom is -1.00 e. The summed E-state index contributed by atoms with van der Waals surface area (Å²) in [4.78, 5) is 4.67. The first-order valence-electron chi connectivity index (χ1n) is 3.05. The molecule has 0 spiro atoms. The van der Waals surface area contributed by atoms with Gasteiger partial charge in [-0.25, -0.2) is 10.7 Å². The molecule has 1 aromatic carbocycles. The Morgan fingerprint density at radius 3 is 2.58 bits per heavy atom. The third-order valence-corrected chi connectivity index (χ3v) is 2.15. The van der Waals surface area contributed by atoms with Crippen LogP contribution in [0, 0.1) is 0 Å². The molecule has 5 heteroatoms. The third-order valence-electron chi connectivity index (χ3n) is 1.29. The molecule has 0 saturated carbocycles. The number of benzene rings is 1. The molecule has 1 rings (SSSR count). The van der Waals surface area contributed by atoms with Gasteiger partial charge in [-0.1, -0.05) is 35.3 Å². The van der Waals surface area contributed by atoms with Crippen molar-refractivity contribution in [1.82, 2.24) is 0 Å². The van der Waals surface area contributed by atoms with Crippen molar-refractivity contribution in [2.75, 3.05) is 0 Å². The van der Waals surface area contributed by atoms with Gasteiger partial charge in [0.25, 0.3) is 0 Å². The Kier molecular flexibility index (Phi) is 5.63. The summed E-state index contributed by atoms with van der Waals surface area (Å²) in [6.45, 7) is 0.388. The van der Waals surface area contributed by atoms with Crippen molar-refractivity contribution in [3.8, 4) is 0 Å². The zero-order valence-corrected chi connectivity index (χ0v) is 8.46. The van der Waals surface area contributed by atoms with E-state index in [0.717, 1.165) is 5.56 Å². The van der Waals surface area contributed by atoms with Crippen molar-refractivity contribution in [1.29, 1.82) is 0 Å². The van der Waals surface area contributed by atoms with Crippen molar-refractivity contribution in [3.05, 3.63) is 33.8 Å². The maximum Gasteiger partial charge on any atom is 0.132 e. The Labute approximate surface area is 87.0 Å². The van der Waals surface area contributed by atoms with Crippen LogP contribution in [0.2, 0.25) is 10.0 Å². The van der Waals surface area contributed by atoms with Gasteiger partial charge in [0.15, 0.2) is 0 Å². The van der Waals surface area contributed by atoms with E-state index in [9.17, 15) is 0 Å². The molecule has 0 atom stereocenters. The number of rotatable bonds is 2. The molecule has 0 aliphatic carbocycles. The first kappa shape index (κ1) is 12.0. The summed E-state index contributed by atoms with van der Waals surface area (Å²) in [6, 6.07) is 5.40. The largest absolute Gasteiger partial charge is 1.00 e. The normalized spacial score (nSPS) is 9.25. The standard InChI is InChI=1S/C7H8Cl2NO.ClH/c8-6-3-1-2-5(4-11-10)7(6)9;/h1-3H,4H2,10H3;1H/q+1;/p-1. The molecule has 0 saturated heterocycles. The van der Waals surface area contributed by atoms with Crippen LogP contribution in [0.4, 0.5) is 0 Å². The summed E-state index contributed by atoms with van der Waals surface area (Å²) < 4.78 is 0. The number of quaternary nitrogens is 1. The fourth-order valence-corrected chi connectivity index (χ4v) is 1.14. The zero-order valence-electron chi connectivity index (χ0n) is 6.19. The maximum atomic E-state index is 5.83. The fraction of sp³-hybridized carbons (Fsp3) is 0.143. The highest BCUT2D eigenvalue weighted by Gasteiger charge is 2.03. The minimum absolute atomic E-state index is 0. The molecule has 0 amide bonds. The molecule has 3 N–H and O–H groups in total. The second-order valence-electron chi connectivity index (χ2n) is 2.06. The van der Waals surface area contributed by atoms with E-state index in [2.05, 4.69) is 10.7 Å². The molecule has 1 aromatic rings. The monoisotopic (exact) mass is 227 g/mol. The van der Waals surface area contributed by atoms with Crippen LogP contribution in [-0.2, 0) is 11.4 Å². The highest BCUT2D eigenvalue weighted by Crippen LogP contribution is 2.25. The molecule has 12 heavy (non-hydrogen) atoms. The van der Waals surface area contributed by atoms with Crippen molar-refractivity contribution in [2.45, 2.75) is 6.61 Å². The Balaban J connectivity index is 0.00000121. The van der Waals surface area contributed by atoms with E-state index in [1.807, 2.05) is 12.1 Å². The van der Waals surface area contributed by atoms with Crippen LogP contribution in [0.3, 0.4) is 0 Å². The summed E-state index contributed by atoms with van der Waals surface area (Å²) >= 11 is 11.6. The number of hydrogen-bond acceptors (Lipinski definition) is 1. The van der Waals surface area contributed by atoms with Crippen molar-refractivity contribution < 1.29 is 23.1 Å². The average Bonchev–Trinajstić information content (AvgIpc) is 1.99. The van der Waals surface area contributed by atoms with Gasteiger partial charge in [-0.3, -0.25) is 0 Å². The van der Waals surface area contributed by atoms with E-state index in [4.69, 9.17) is 23.2 Å². The quantitative estimate of drug-likeness (QED) is 0.626. The smallest absolute Gasteiger partial charge is 0.132 e. The lowest BCUT2D eigenvalue weighted by Gasteiger charge is -2.00. The Bertz CT molecular complexity index is 254. The Morgan fingerprint density at radius 1 is 1.33 bits per heavy atom.